The summed E-state index contributed by atoms with van der Waals surface area (Å²) in [6.45, 7) is 5.68. The molecule has 0 amide bonds. The lowest BCUT2D eigenvalue weighted by Gasteiger charge is -2.37. The second kappa shape index (κ2) is 8.79. The summed E-state index contributed by atoms with van der Waals surface area (Å²) >= 11 is 0. The van der Waals surface area contributed by atoms with E-state index < -0.39 is 0 Å². The van der Waals surface area contributed by atoms with E-state index in [2.05, 4.69) is 56.1 Å². The highest BCUT2D eigenvalue weighted by molar-refractivity contribution is 5.85. The number of nitrogens with zero attached hydrogens (tertiary/aromatic N) is 1. The van der Waals surface area contributed by atoms with E-state index in [1.54, 1.807) is 14.2 Å². The van der Waals surface area contributed by atoms with E-state index in [0.717, 1.165) is 30.9 Å². The first-order chi connectivity index (χ1) is 12.0. The number of hydrogen-bond acceptors (Lipinski definition) is 3. The first-order valence-electron chi connectivity index (χ1n) is 9.08. The summed E-state index contributed by atoms with van der Waals surface area (Å²) in [6, 6.07) is 13.5. The molecule has 1 atom stereocenters. The molecule has 1 aliphatic heterocycles. The Morgan fingerprint density at radius 2 is 1.81 bits per heavy atom. The van der Waals surface area contributed by atoms with Crippen molar-refractivity contribution in [1.82, 2.24) is 4.90 Å². The highest BCUT2D eigenvalue weighted by Crippen LogP contribution is 2.38. The van der Waals surface area contributed by atoms with Crippen LogP contribution in [0.25, 0.3) is 0 Å². The van der Waals surface area contributed by atoms with E-state index >= 15 is 0 Å². The minimum Gasteiger partial charge on any atom is -0.493 e. The van der Waals surface area contributed by atoms with Crippen molar-refractivity contribution in [1.29, 1.82) is 0 Å². The van der Waals surface area contributed by atoms with E-state index in [9.17, 15) is 0 Å². The SMILES string of the molecule is COc1ccc(CC2c3c(cccc3C(C)C)CCN2C)cc1OC.Cl. The van der Waals surface area contributed by atoms with Gasteiger partial charge < -0.3 is 9.47 Å². The molecule has 0 fully saturated rings. The number of hydrogen-bond donors (Lipinski definition) is 0. The van der Waals surface area contributed by atoms with Gasteiger partial charge in [0, 0.05) is 12.6 Å². The minimum absolute atomic E-state index is 0. The van der Waals surface area contributed by atoms with E-state index in [1.165, 1.54) is 22.3 Å². The van der Waals surface area contributed by atoms with Crippen molar-refractivity contribution in [3.8, 4) is 11.5 Å². The summed E-state index contributed by atoms with van der Waals surface area (Å²) in [4.78, 5) is 2.49. The number of ether oxygens (including phenoxy) is 2. The van der Waals surface area contributed by atoms with Gasteiger partial charge in [0.1, 0.15) is 0 Å². The summed E-state index contributed by atoms with van der Waals surface area (Å²) in [5.41, 5.74) is 5.80. The van der Waals surface area contributed by atoms with Crippen LogP contribution in [0.3, 0.4) is 0 Å². The molecule has 2 aromatic carbocycles. The number of fused-ring (bicyclic) bond motifs is 1. The summed E-state index contributed by atoms with van der Waals surface area (Å²) in [6.07, 6.45) is 2.11. The zero-order valence-corrected chi connectivity index (χ0v) is 17.2. The van der Waals surface area contributed by atoms with Gasteiger partial charge >= 0.3 is 0 Å². The molecular weight excluding hydrogens is 346 g/mol. The third-order valence-corrected chi connectivity index (χ3v) is 5.33. The van der Waals surface area contributed by atoms with E-state index in [4.69, 9.17) is 9.47 Å². The second-order valence-corrected chi connectivity index (χ2v) is 7.21. The average Bonchev–Trinajstić information content (AvgIpc) is 2.63. The molecule has 0 aliphatic carbocycles. The molecule has 142 valence electrons. The van der Waals surface area contributed by atoms with Gasteiger partial charge in [-0.05, 0) is 60.2 Å². The predicted octanol–water partition coefficient (Wildman–Crippen LogP) is 5.02. The van der Waals surface area contributed by atoms with Gasteiger partial charge in [-0.15, -0.1) is 12.4 Å². The zero-order valence-electron chi connectivity index (χ0n) is 16.4. The topological polar surface area (TPSA) is 21.7 Å². The maximum absolute atomic E-state index is 5.49. The third kappa shape index (κ3) is 3.99. The Morgan fingerprint density at radius 3 is 2.46 bits per heavy atom. The molecule has 26 heavy (non-hydrogen) atoms. The Hall–Kier alpha value is -1.71. The van der Waals surface area contributed by atoms with Crippen LogP contribution in [-0.2, 0) is 12.8 Å². The lowest BCUT2D eigenvalue weighted by molar-refractivity contribution is 0.227. The van der Waals surface area contributed by atoms with Gasteiger partial charge in [-0.25, -0.2) is 0 Å². The van der Waals surface area contributed by atoms with Crippen LogP contribution < -0.4 is 9.47 Å². The molecule has 1 aliphatic rings. The van der Waals surface area contributed by atoms with Crippen molar-refractivity contribution in [3.63, 3.8) is 0 Å². The molecule has 1 heterocycles. The summed E-state index contributed by atoms with van der Waals surface area (Å²) < 4.78 is 10.9. The molecule has 0 bridgehead atoms. The third-order valence-electron chi connectivity index (χ3n) is 5.33. The quantitative estimate of drug-likeness (QED) is 0.732. The second-order valence-electron chi connectivity index (χ2n) is 7.21. The van der Waals surface area contributed by atoms with Crippen LogP contribution in [0, 0.1) is 0 Å². The summed E-state index contributed by atoms with van der Waals surface area (Å²) in [7, 11) is 5.61. The van der Waals surface area contributed by atoms with E-state index in [0.29, 0.717) is 12.0 Å². The summed E-state index contributed by atoms with van der Waals surface area (Å²) in [5.74, 6) is 2.12. The Balaban J connectivity index is 0.00000243. The predicted molar refractivity (Wildman–Crippen MR) is 110 cm³/mol. The monoisotopic (exact) mass is 375 g/mol. The van der Waals surface area contributed by atoms with E-state index in [-0.39, 0.29) is 12.4 Å². The van der Waals surface area contributed by atoms with Crippen molar-refractivity contribution in [2.45, 2.75) is 38.6 Å². The van der Waals surface area contributed by atoms with Crippen LogP contribution >= 0.6 is 12.4 Å². The maximum Gasteiger partial charge on any atom is 0.160 e. The summed E-state index contributed by atoms with van der Waals surface area (Å²) in [5, 5.41) is 0. The minimum atomic E-state index is 0. The Kier molecular flexibility index (Phi) is 6.96. The smallest absolute Gasteiger partial charge is 0.160 e. The zero-order chi connectivity index (χ0) is 18.0. The standard InChI is InChI=1S/C22H29NO2.ClH/c1-15(2)18-8-6-7-17-11-12-23(3)19(22(17)18)13-16-9-10-20(24-4)21(14-16)25-5;/h6-10,14-15,19H,11-13H2,1-5H3;1H. The Bertz CT molecular complexity index is 745. The highest BCUT2D eigenvalue weighted by atomic mass is 35.5. The fourth-order valence-corrected chi connectivity index (χ4v) is 3.92. The molecule has 2 aromatic rings. The first-order valence-corrected chi connectivity index (χ1v) is 9.08. The molecule has 0 spiro atoms. The van der Waals surface area contributed by atoms with Crippen LogP contribution in [0.2, 0.25) is 0 Å². The lowest BCUT2D eigenvalue weighted by Crippen LogP contribution is -2.34. The molecule has 3 rings (SSSR count). The number of methoxy groups -OCH3 is 2. The molecule has 3 nitrogen and oxygen atoms in total. The lowest BCUT2D eigenvalue weighted by atomic mass is 9.82. The van der Waals surface area contributed by atoms with Gasteiger partial charge in [0.15, 0.2) is 11.5 Å². The largest absolute Gasteiger partial charge is 0.493 e. The van der Waals surface area contributed by atoms with Gasteiger partial charge in [0.05, 0.1) is 14.2 Å². The fourth-order valence-electron chi connectivity index (χ4n) is 3.92. The van der Waals surface area contributed by atoms with Crippen LogP contribution in [0.4, 0.5) is 0 Å². The molecule has 0 saturated carbocycles. The molecule has 4 heteroatoms. The molecule has 0 aromatic heterocycles. The maximum atomic E-state index is 5.49. The van der Waals surface area contributed by atoms with Crippen molar-refractivity contribution >= 4 is 12.4 Å². The van der Waals surface area contributed by atoms with Crippen LogP contribution in [0.1, 0.15) is 48.1 Å². The van der Waals surface area contributed by atoms with Crippen molar-refractivity contribution in [2.75, 3.05) is 27.8 Å². The van der Waals surface area contributed by atoms with Crippen molar-refractivity contribution < 1.29 is 9.47 Å². The number of benzene rings is 2. The number of rotatable bonds is 5. The van der Waals surface area contributed by atoms with Gasteiger partial charge in [-0.1, -0.05) is 38.1 Å². The van der Waals surface area contributed by atoms with Crippen LogP contribution in [-0.4, -0.2) is 32.7 Å². The highest BCUT2D eigenvalue weighted by Gasteiger charge is 2.28. The fraction of sp³-hybridized carbons (Fsp3) is 0.455. The first kappa shape index (κ1) is 20.6. The van der Waals surface area contributed by atoms with Gasteiger partial charge in [0.2, 0.25) is 0 Å². The Morgan fingerprint density at radius 1 is 1.08 bits per heavy atom. The Labute approximate surface area is 163 Å². The molecular formula is C22H30ClNO2. The normalized spacial score (nSPS) is 16.8. The molecule has 0 radical (unpaired) electrons. The van der Waals surface area contributed by atoms with Gasteiger partial charge in [0.25, 0.3) is 0 Å². The van der Waals surface area contributed by atoms with Gasteiger partial charge in [-0.3, -0.25) is 4.90 Å². The van der Waals surface area contributed by atoms with E-state index in [1.807, 2.05) is 6.07 Å². The molecule has 0 N–H and O–H groups in total. The molecule has 1 unspecified atom stereocenters. The number of likely N-dealkylation sites (N-methyl/N-ethyl adjacent to an activating group) is 1. The number of halogens is 1. The average molecular weight is 376 g/mol. The van der Waals surface area contributed by atoms with Crippen molar-refractivity contribution in [2.24, 2.45) is 0 Å². The molecule has 0 saturated heterocycles. The van der Waals surface area contributed by atoms with Crippen molar-refractivity contribution in [3.05, 3.63) is 58.7 Å². The van der Waals surface area contributed by atoms with Crippen LogP contribution in [0.5, 0.6) is 11.5 Å². The van der Waals surface area contributed by atoms with Crippen LogP contribution in [0.15, 0.2) is 36.4 Å². The van der Waals surface area contributed by atoms with Gasteiger partial charge in [-0.2, -0.15) is 0 Å².